The van der Waals surface area contributed by atoms with Gasteiger partial charge in [0.15, 0.2) is 0 Å². The number of benzene rings is 2. The van der Waals surface area contributed by atoms with Gasteiger partial charge < -0.3 is 9.26 Å². The maximum atomic E-state index is 5.74. The van der Waals surface area contributed by atoms with Crippen LogP contribution in [0.1, 0.15) is 5.56 Å². The number of ether oxygens (including phenoxy) is 1. The van der Waals surface area contributed by atoms with Crippen molar-refractivity contribution >= 4 is 0 Å². The highest BCUT2D eigenvalue weighted by Crippen LogP contribution is 2.24. The molecule has 0 spiro atoms. The number of aromatic nitrogens is 2. The third-order valence-corrected chi connectivity index (χ3v) is 2.73. The summed E-state index contributed by atoms with van der Waals surface area (Å²) in [6.07, 6.45) is 1.31. The van der Waals surface area contributed by atoms with Crippen molar-refractivity contribution < 1.29 is 9.26 Å². The second-order valence-electron chi connectivity index (χ2n) is 4.19. The van der Waals surface area contributed by atoms with Crippen LogP contribution in [0.3, 0.4) is 0 Å². The fourth-order valence-corrected chi connectivity index (χ4v) is 1.71. The Hall–Kier alpha value is -2.62. The largest absolute Gasteiger partial charge is 0.457 e. The Kier molecular flexibility index (Phi) is 2.98. The van der Waals surface area contributed by atoms with Gasteiger partial charge in [-0.1, -0.05) is 22.9 Å². The van der Waals surface area contributed by atoms with Gasteiger partial charge in [-0.3, -0.25) is 0 Å². The van der Waals surface area contributed by atoms with Crippen LogP contribution in [0.5, 0.6) is 11.5 Å². The summed E-state index contributed by atoms with van der Waals surface area (Å²) in [6, 6.07) is 15.5. The number of rotatable bonds is 3. The maximum absolute atomic E-state index is 5.74. The minimum atomic E-state index is 0.571. The molecule has 1 aromatic heterocycles. The van der Waals surface area contributed by atoms with Gasteiger partial charge in [0.2, 0.25) is 12.2 Å². The maximum Gasteiger partial charge on any atom is 0.214 e. The van der Waals surface area contributed by atoms with Crippen LogP contribution in [0.4, 0.5) is 0 Å². The van der Waals surface area contributed by atoms with Crippen molar-refractivity contribution in [3.63, 3.8) is 0 Å². The second-order valence-corrected chi connectivity index (χ2v) is 4.19. The zero-order valence-corrected chi connectivity index (χ0v) is 10.4. The van der Waals surface area contributed by atoms with Gasteiger partial charge in [-0.05, 0) is 43.3 Å². The number of hydrogen-bond acceptors (Lipinski definition) is 4. The van der Waals surface area contributed by atoms with E-state index in [0.717, 1.165) is 17.1 Å². The summed E-state index contributed by atoms with van der Waals surface area (Å²) in [4.78, 5) is 3.99. The lowest BCUT2D eigenvalue weighted by molar-refractivity contribution is 0.418. The molecule has 0 aliphatic rings. The molecule has 4 heteroatoms. The summed E-state index contributed by atoms with van der Waals surface area (Å²) in [5, 5.41) is 3.78. The average Bonchev–Trinajstić information content (AvgIpc) is 2.96. The molecule has 0 bridgehead atoms. The van der Waals surface area contributed by atoms with Crippen LogP contribution in [-0.2, 0) is 0 Å². The van der Waals surface area contributed by atoms with Gasteiger partial charge in [0.05, 0.1) is 0 Å². The molecule has 2 aromatic carbocycles. The van der Waals surface area contributed by atoms with Crippen LogP contribution in [-0.4, -0.2) is 10.1 Å². The highest BCUT2D eigenvalue weighted by Gasteiger charge is 2.03. The van der Waals surface area contributed by atoms with E-state index in [0.29, 0.717) is 5.82 Å². The number of nitrogens with zero attached hydrogens (tertiary/aromatic N) is 2. The lowest BCUT2D eigenvalue weighted by Crippen LogP contribution is -1.85. The van der Waals surface area contributed by atoms with Crippen LogP contribution < -0.4 is 4.74 Å². The Morgan fingerprint density at radius 1 is 0.895 bits per heavy atom. The summed E-state index contributed by atoms with van der Waals surface area (Å²) >= 11 is 0. The quantitative estimate of drug-likeness (QED) is 0.710. The third-order valence-electron chi connectivity index (χ3n) is 2.73. The van der Waals surface area contributed by atoms with E-state index >= 15 is 0 Å². The predicted molar refractivity (Wildman–Crippen MR) is 71.0 cm³/mol. The third kappa shape index (κ3) is 2.63. The Balaban J connectivity index is 1.77. The Morgan fingerprint density at radius 3 is 2.11 bits per heavy atom. The van der Waals surface area contributed by atoms with Gasteiger partial charge in [-0.15, -0.1) is 0 Å². The van der Waals surface area contributed by atoms with Crippen LogP contribution in [0.2, 0.25) is 0 Å². The van der Waals surface area contributed by atoms with Crippen LogP contribution >= 0.6 is 0 Å². The topological polar surface area (TPSA) is 48.2 Å². The molecule has 4 nitrogen and oxygen atoms in total. The molecular weight excluding hydrogens is 240 g/mol. The van der Waals surface area contributed by atoms with E-state index < -0.39 is 0 Å². The van der Waals surface area contributed by atoms with Crippen molar-refractivity contribution in [1.29, 1.82) is 0 Å². The summed E-state index contributed by atoms with van der Waals surface area (Å²) in [5.74, 6) is 2.16. The van der Waals surface area contributed by atoms with E-state index in [-0.39, 0.29) is 0 Å². The Labute approximate surface area is 110 Å². The molecule has 0 saturated carbocycles. The first-order valence-electron chi connectivity index (χ1n) is 5.92. The molecule has 0 N–H and O–H groups in total. The smallest absolute Gasteiger partial charge is 0.214 e. The van der Waals surface area contributed by atoms with Crippen molar-refractivity contribution in [2.45, 2.75) is 6.92 Å². The summed E-state index contributed by atoms with van der Waals surface area (Å²) in [7, 11) is 0. The van der Waals surface area contributed by atoms with Gasteiger partial charge in [0.1, 0.15) is 11.5 Å². The fraction of sp³-hybridized carbons (Fsp3) is 0.0667. The van der Waals surface area contributed by atoms with Gasteiger partial charge in [-0.25, -0.2) is 0 Å². The Morgan fingerprint density at radius 2 is 1.53 bits per heavy atom. The van der Waals surface area contributed by atoms with E-state index in [1.54, 1.807) is 0 Å². The van der Waals surface area contributed by atoms with E-state index in [4.69, 9.17) is 9.26 Å². The zero-order valence-electron chi connectivity index (χ0n) is 10.4. The first-order valence-corrected chi connectivity index (χ1v) is 5.92. The Bertz CT molecular complexity index is 644. The first kappa shape index (κ1) is 11.5. The highest BCUT2D eigenvalue weighted by molar-refractivity contribution is 5.55. The van der Waals surface area contributed by atoms with Gasteiger partial charge >= 0.3 is 0 Å². The van der Waals surface area contributed by atoms with Gasteiger partial charge in [0.25, 0.3) is 0 Å². The number of hydrogen-bond donors (Lipinski definition) is 0. The molecule has 0 fully saturated rings. The lowest BCUT2D eigenvalue weighted by Gasteiger charge is -2.06. The molecule has 19 heavy (non-hydrogen) atoms. The molecule has 1 heterocycles. The van der Waals surface area contributed by atoms with E-state index in [1.807, 2.05) is 55.5 Å². The molecular formula is C15H12N2O2. The van der Waals surface area contributed by atoms with Crippen molar-refractivity contribution in [3.05, 3.63) is 60.5 Å². The molecule has 0 radical (unpaired) electrons. The van der Waals surface area contributed by atoms with Gasteiger partial charge in [0, 0.05) is 5.56 Å². The van der Waals surface area contributed by atoms with Crippen molar-refractivity contribution in [2.75, 3.05) is 0 Å². The standard InChI is InChI=1S/C15H12N2O2/c1-11-2-6-13(7-3-11)19-14-8-4-12(5-9-14)15-16-10-18-17-15/h2-10H,1H3. The normalized spacial score (nSPS) is 10.4. The monoisotopic (exact) mass is 252 g/mol. The molecule has 3 aromatic rings. The van der Waals surface area contributed by atoms with Crippen LogP contribution in [0.15, 0.2) is 59.4 Å². The molecule has 3 rings (SSSR count). The fourth-order valence-electron chi connectivity index (χ4n) is 1.71. The van der Waals surface area contributed by atoms with Crippen molar-refractivity contribution in [2.24, 2.45) is 0 Å². The molecule has 0 atom stereocenters. The SMILES string of the molecule is Cc1ccc(Oc2ccc(-c3ncon3)cc2)cc1. The highest BCUT2D eigenvalue weighted by atomic mass is 16.5. The predicted octanol–water partition coefficient (Wildman–Crippen LogP) is 3.84. The molecule has 0 saturated heterocycles. The molecule has 0 aliphatic carbocycles. The second kappa shape index (κ2) is 4.94. The van der Waals surface area contributed by atoms with Gasteiger partial charge in [-0.2, -0.15) is 4.98 Å². The molecule has 0 unspecified atom stereocenters. The van der Waals surface area contributed by atoms with Crippen LogP contribution in [0.25, 0.3) is 11.4 Å². The van der Waals surface area contributed by atoms with E-state index in [1.165, 1.54) is 12.0 Å². The van der Waals surface area contributed by atoms with Crippen LogP contribution in [0, 0.1) is 6.92 Å². The average molecular weight is 252 g/mol. The first-order chi connectivity index (χ1) is 9.31. The van der Waals surface area contributed by atoms with Crippen molar-refractivity contribution in [3.8, 4) is 22.9 Å². The number of aryl methyl sites for hydroxylation is 1. The lowest BCUT2D eigenvalue weighted by atomic mass is 10.2. The summed E-state index contributed by atoms with van der Waals surface area (Å²) in [5.41, 5.74) is 2.10. The minimum Gasteiger partial charge on any atom is -0.457 e. The molecule has 0 amide bonds. The molecule has 94 valence electrons. The van der Waals surface area contributed by atoms with Crippen molar-refractivity contribution in [1.82, 2.24) is 10.1 Å². The zero-order chi connectivity index (χ0) is 13.1. The minimum absolute atomic E-state index is 0.571. The van der Waals surface area contributed by atoms with E-state index in [2.05, 4.69) is 10.1 Å². The molecule has 0 aliphatic heterocycles. The summed E-state index contributed by atoms with van der Waals surface area (Å²) < 4.78 is 10.5. The summed E-state index contributed by atoms with van der Waals surface area (Å²) in [6.45, 7) is 2.05. The van der Waals surface area contributed by atoms with E-state index in [9.17, 15) is 0 Å².